The van der Waals surface area contributed by atoms with Gasteiger partial charge in [0.25, 0.3) is 0 Å². The summed E-state index contributed by atoms with van der Waals surface area (Å²) in [5, 5.41) is 5.17. The fraction of sp³-hybridized carbons (Fsp3) is 0.310. The summed E-state index contributed by atoms with van der Waals surface area (Å²) in [6, 6.07) is 14.8. The van der Waals surface area contributed by atoms with Crippen molar-refractivity contribution in [1.29, 1.82) is 0 Å². The van der Waals surface area contributed by atoms with Gasteiger partial charge in [0.05, 0.1) is 27.5 Å². The van der Waals surface area contributed by atoms with Crippen molar-refractivity contribution in [2.75, 3.05) is 31.5 Å². The average molecular weight is 468 g/mol. The summed E-state index contributed by atoms with van der Waals surface area (Å²) in [5.41, 5.74) is 4.03. The van der Waals surface area contributed by atoms with Crippen molar-refractivity contribution in [2.45, 2.75) is 26.7 Å². The van der Waals surface area contributed by atoms with Crippen LogP contribution in [0.1, 0.15) is 25.3 Å². The van der Waals surface area contributed by atoms with E-state index in [9.17, 15) is 9.59 Å². The summed E-state index contributed by atoms with van der Waals surface area (Å²) in [6.45, 7) is 8.07. The third-order valence-electron chi connectivity index (χ3n) is 7.26. The molecule has 1 aliphatic heterocycles. The van der Waals surface area contributed by atoms with Gasteiger partial charge in [0.2, 0.25) is 0 Å². The molecule has 2 N–H and O–H groups in total. The quantitative estimate of drug-likeness (QED) is 0.274. The van der Waals surface area contributed by atoms with Crippen LogP contribution in [0, 0.1) is 12.8 Å². The van der Waals surface area contributed by atoms with Crippen molar-refractivity contribution in [1.82, 2.24) is 9.88 Å². The monoisotopic (exact) mass is 467 g/mol. The molecule has 0 amide bonds. The lowest BCUT2D eigenvalue weighted by molar-refractivity contribution is 0.190. The van der Waals surface area contributed by atoms with Crippen LogP contribution in [0.2, 0.25) is 0 Å². The number of hydrogen-bond donors (Lipinski definition) is 2. The maximum atomic E-state index is 13.7. The summed E-state index contributed by atoms with van der Waals surface area (Å²) in [6.07, 6.45) is 2.50. The molecular formula is C29H29N3O3. The van der Waals surface area contributed by atoms with Crippen molar-refractivity contribution in [3.63, 3.8) is 0 Å². The first-order valence-electron chi connectivity index (χ1n) is 12.4. The number of rotatable bonds is 4. The molecule has 0 spiro atoms. The van der Waals surface area contributed by atoms with Crippen LogP contribution in [-0.4, -0.2) is 36.1 Å². The van der Waals surface area contributed by atoms with Gasteiger partial charge in [-0.15, -0.1) is 0 Å². The number of aromatic amines is 1. The van der Waals surface area contributed by atoms with Gasteiger partial charge in [-0.1, -0.05) is 37.3 Å². The molecule has 4 aromatic carbocycles. The van der Waals surface area contributed by atoms with Gasteiger partial charge >= 0.3 is 0 Å². The first-order chi connectivity index (χ1) is 17.0. The number of piperidine rings is 1. The van der Waals surface area contributed by atoms with Gasteiger partial charge in [-0.2, -0.15) is 0 Å². The van der Waals surface area contributed by atoms with E-state index < -0.39 is 0 Å². The van der Waals surface area contributed by atoms with E-state index in [4.69, 9.17) is 4.42 Å². The molecule has 1 aliphatic rings. The molecule has 1 unspecified atom stereocenters. The maximum Gasteiger partial charge on any atom is 0.196 e. The highest BCUT2D eigenvalue weighted by Crippen LogP contribution is 2.31. The molecule has 178 valence electrons. The van der Waals surface area contributed by atoms with E-state index >= 15 is 0 Å². The largest absolute Gasteiger partial charge is 0.453 e. The van der Waals surface area contributed by atoms with Gasteiger partial charge in [-0.05, 0) is 49.9 Å². The second kappa shape index (κ2) is 8.54. The number of aromatic nitrogens is 1. The summed E-state index contributed by atoms with van der Waals surface area (Å²) < 4.78 is 6.24. The topological polar surface area (TPSA) is 78.3 Å². The molecule has 5 aromatic rings. The molecule has 6 heteroatoms. The van der Waals surface area contributed by atoms with E-state index in [-0.39, 0.29) is 10.9 Å². The van der Waals surface area contributed by atoms with Crippen molar-refractivity contribution in [3.8, 4) is 0 Å². The third kappa shape index (κ3) is 3.78. The normalized spacial score (nSPS) is 17.0. The van der Waals surface area contributed by atoms with E-state index in [0.717, 1.165) is 30.7 Å². The van der Waals surface area contributed by atoms with Crippen molar-refractivity contribution < 1.29 is 4.42 Å². The molecule has 1 fully saturated rings. The molecule has 6 rings (SSSR count). The highest BCUT2D eigenvalue weighted by atomic mass is 16.3. The summed E-state index contributed by atoms with van der Waals surface area (Å²) in [4.78, 5) is 33.3. The number of likely N-dealkylation sites (tertiary alicyclic amines) is 1. The first-order valence-corrected chi connectivity index (χ1v) is 12.4. The molecule has 1 saturated heterocycles. The Morgan fingerprint density at radius 3 is 2.57 bits per heavy atom. The molecule has 0 saturated carbocycles. The SMILES string of the molecule is Cc1ccc2oc3cc(NCCN4CCCC(C)C4)c4c(=O)c5ccccc5c(=O)c4c3[nH]c2c1. The zero-order valence-electron chi connectivity index (χ0n) is 20.1. The van der Waals surface area contributed by atoms with Gasteiger partial charge in [-0.25, -0.2) is 0 Å². The Balaban J connectivity index is 1.56. The number of nitrogens with zero attached hydrogens (tertiary/aromatic N) is 1. The molecular weight excluding hydrogens is 438 g/mol. The number of hydrogen-bond acceptors (Lipinski definition) is 5. The summed E-state index contributed by atoms with van der Waals surface area (Å²) in [7, 11) is 0. The second-order valence-electron chi connectivity index (χ2n) is 9.95. The minimum Gasteiger partial charge on any atom is -0.453 e. The highest BCUT2D eigenvalue weighted by molar-refractivity contribution is 6.14. The van der Waals surface area contributed by atoms with Gasteiger partial charge in [0.15, 0.2) is 22.0 Å². The van der Waals surface area contributed by atoms with Crippen LogP contribution in [0.25, 0.3) is 43.7 Å². The van der Waals surface area contributed by atoms with E-state index in [1.165, 1.54) is 12.8 Å². The second-order valence-corrected chi connectivity index (χ2v) is 9.95. The predicted octanol–water partition coefficient (Wildman–Crippen LogP) is 5.39. The molecule has 1 atom stereocenters. The maximum absolute atomic E-state index is 13.7. The Morgan fingerprint density at radius 1 is 1.03 bits per heavy atom. The Morgan fingerprint density at radius 2 is 1.80 bits per heavy atom. The van der Waals surface area contributed by atoms with Crippen LogP contribution in [0.15, 0.2) is 62.5 Å². The predicted molar refractivity (Wildman–Crippen MR) is 144 cm³/mol. The van der Waals surface area contributed by atoms with Gasteiger partial charge in [0.1, 0.15) is 0 Å². The Hall–Kier alpha value is -3.64. The van der Waals surface area contributed by atoms with Crippen LogP contribution in [0.3, 0.4) is 0 Å². The Bertz CT molecular complexity index is 1720. The zero-order chi connectivity index (χ0) is 24.1. The Labute approximate surface area is 202 Å². The van der Waals surface area contributed by atoms with E-state index in [2.05, 4.69) is 22.1 Å². The van der Waals surface area contributed by atoms with Crippen LogP contribution in [-0.2, 0) is 0 Å². The zero-order valence-corrected chi connectivity index (χ0v) is 20.1. The minimum absolute atomic E-state index is 0.135. The standard InChI is InChI=1S/C29H29N3O3/c1-17-9-10-23-21(14-17)31-27-24(35-23)15-22(30-11-13-32-12-5-6-18(2)16-32)25-26(27)29(34)20-8-4-3-7-19(20)28(25)33/h3-4,7-10,14-15,18,30-31H,5-6,11-13,16H2,1-2H3. The fourth-order valence-electron chi connectivity index (χ4n) is 5.54. The minimum atomic E-state index is -0.160. The fourth-order valence-corrected chi connectivity index (χ4v) is 5.54. The number of benzene rings is 4. The number of nitrogens with one attached hydrogen (secondary N) is 2. The van der Waals surface area contributed by atoms with Gasteiger partial charge in [-0.3, -0.25) is 9.59 Å². The van der Waals surface area contributed by atoms with E-state index in [1.54, 1.807) is 24.3 Å². The number of H-pyrrole nitrogens is 1. The van der Waals surface area contributed by atoms with Crippen LogP contribution in [0.4, 0.5) is 5.69 Å². The van der Waals surface area contributed by atoms with Crippen molar-refractivity contribution >= 4 is 49.4 Å². The first kappa shape index (κ1) is 21.9. The molecule has 0 radical (unpaired) electrons. The summed E-state index contributed by atoms with van der Waals surface area (Å²) in [5.74, 6) is 0.708. The van der Waals surface area contributed by atoms with E-state index in [0.29, 0.717) is 56.4 Å². The lowest BCUT2D eigenvalue weighted by Gasteiger charge is -2.30. The molecule has 0 bridgehead atoms. The van der Waals surface area contributed by atoms with Crippen LogP contribution >= 0.6 is 0 Å². The highest BCUT2D eigenvalue weighted by Gasteiger charge is 2.20. The smallest absolute Gasteiger partial charge is 0.196 e. The molecule has 2 heterocycles. The number of aryl methyl sites for hydroxylation is 1. The molecule has 6 nitrogen and oxygen atoms in total. The number of fused-ring (bicyclic) bond motifs is 5. The Kier molecular flexibility index (Phi) is 5.33. The van der Waals surface area contributed by atoms with Gasteiger partial charge < -0.3 is 19.6 Å². The summed E-state index contributed by atoms with van der Waals surface area (Å²) >= 11 is 0. The van der Waals surface area contributed by atoms with Crippen molar-refractivity contribution in [3.05, 3.63) is 74.5 Å². The number of anilines is 1. The lowest BCUT2D eigenvalue weighted by Crippen LogP contribution is -2.37. The van der Waals surface area contributed by atoms with Gasteiger partial charge in [0, 0.05) is 36.5 Å². The molecule has 35 heavy (non-hydrogen) atoms. The average Bonchev–Trinajstić information content (AvgIpc) is 2.85. The molecule has 0 aliphatic carbocycles. The molecule has 1 aromatic heterocycles. The van der Waals surface area contributed by atoms with Crippen molar-refractivity contribution in [2.24, 2.45) is 5.92 Å². The third-order valence-corrected chi connectivity index (χ3v) is 7.26. The van der Waals surface area contributed by atoms with Crippen LogP contribution < -0.4 is 16.2 Å². The lowest BCUT2D eigenvalue weighted by atomic mass is 9.99. The van der Waals surface area contributed by atoms with E-state index in [1.807, 2.05) is 31.2 Å². The van der Waals surface area contributed by atoms with Crippen LogP contribution in [0.5, 0.6) is 0 Å².